The van der Waals surface area contributed by atoms with Gasteiger partial charge in [0, 0.05) is 0 Å². The number of hydrogen-bond acceptors (Lipinski definition) is 0. The number of rotatable bonds is 2. The molecule has 13 heavy (non-hydrogen) atoms. The summed E-state index contributed by atoms with van der Waals surface area (Å²) in [4.78, 5) is 0. The summed E-state index contributed by atoms with van der Waals surface area (Å²) in [6.45, 7) is 2.25. The van der Waals surface area contributed by atoms with Gasteiger partial charge in [0.25, 0.3) is 0 Å². The van der Waals surface area contributed by atoms with Gasteiger partial charge in [-0.1, -0.05) is 42.9 Å². The van der Waals surface area contributed by atoms with E-state index in [9.17, 15) is 0 Å². The fourth-order valence-electron chi connectivity index (χ4n) is 2.04. The van der Waals surface area contributed by atoms with Crippen LogP contribution in [-0.2, 0) is 0 Å². The monoisotopic (exact) mass is 172 g/mol. The Kier molecular flexibility index (Phi) is 2.49. The van der Waals surface area contributed by atoms with E-state index in [0.717, 1.165) is 0 Å². The van der Waals surface area contributed by atoms with E-state index in [1.807, 2.05) is 0 Å². The van der Waals surface area contributed by atoms with Gasteiger partial charge < -0.3 is 0 Å². The second-order valence-electron chi connectivity index (χ2n) is 3.64. The van der Waals surface area contributed by atoms with Crippen LogP contribution in [0, 0.1) is 0 Å². The highest BCUT2D eigenvalue weighted by Gasteiger charge is 2.11. The van der Waals surface area contributed by atoms with Gasteiger partial charge in [-0.15, -0.1) is 0 Å². The Labute approximate surface area is 80.3 Å². The van der Waals surface area contributed by atoms with Crippen LogP contribution in [0.4, 0.5) is 0 Å². The van der Waals surface area contributed by atoms with Crippen molar-refractivity contribution in [1.29, 1.82) is 0 Å². The maximum absolute atomic E-state index is 2.30. The molecule has 0 unspecified atom stereocenters. The third-order valence-electron chi connectivity index (χ3n) is 2.82. The van der Waals surface area contributed by atoms with Crippen LogP contribution in [0.15, 0.2) is 47.1 Å². The summed E-state index contributed by atoms with van der Waals surface area (Å²) < 4.78 is 0. The molecule has 0 saturated carbocycles. The molecule has 0 aromatic heterocycles. The second kappa shape index (κ2) is 3.78. The van der Waals surface area contributed by atoms with E-state index in [2.05, 4.69) is 37.3 Å². The molecule has 68 valence electrons. The van der Waals surface area contributed by atoms with Gasteiger partial charge >= 0.3 is 0 Å². The van der Waals surface area contributed by atoms with Crippen LogP contribution in [0.2, 0.25) is 0 Å². The van der Waals surface area contributed by atoms with Crippen LogP contribution in [0.3, 0.4) is 0 Å². The fourth-order valence-corrected chi connectivity index (χ4v) is 2.04. The van der Waals surface area contributed by atoms with Gasteiger partial charge in [0.15, 0.2) is 0 Å². The van der Waals surface area contributed by atoms with Crippen molar-refractivity contribution in [1.82, 2.24) is 0 Å². The lowest BCUT2D eigenvalue weighted by atomic mass is 9.94. The predicted molar refractivity (Wildman–Crippen MR) is 57.5 cm³/mol. The minimum Gasteiger partial charge on any atom is -0.0842 e. The Bertz CT molecular complexity index is 311. The van der Waals surface area contributed by atoms with Gasteiger partial charge in [-0.3, -0.25) is 0 Å². The van der Waals surface area contributed by atoms with Crippen LogP contribution in [0.1, 0.15) is 32.6 Å². The first kappa shape index (κ1) is 8.55. The lowest BCUT2D eigenvalue weighted by Crippen LogP contribution is -1.92. The first-order valence-corrected chi connectivity index (χ1v) is 5.16. The molecule has 0 N–H and O–H groups in total. The van der Waals surface area contributed by atoms with Crippen molar-refractivity contribution in [2.24, 2.45) is 0 Å². The molecule has 0 nitrogen and oxygen atoms in total. The number of hydrogen-bond donors (Lipinski definition) is 0. The van der Waals surface area contributed by atoms with Gasteiger partial charge in [0.05, 0.1) is 0 Å². The van der Waals surface area contributed by atoms with Crippen LogP contribution in [-0.4, -0.2) is 0 Å². The fraction of sp³-hybridized carbons (Fsp3) is 0.385. The molecule has 2 rings (SSSR count). The summed E-state index contributed by atoms with van der Waals surface area (Å²) in [6.07, 6.45) is 16.1. The zero-order valence-corrected chi connectivity index (χ0v) is 8.22. The highest BCUT2D eigenvalue weighted by Crippen LogP contribution is 2.31. The summed E-state index contributed by atoms with van der Waals surface area (Å²) >= 11 is 0. The first-order chi connectivity index (χ1) is 6.42. The maximum Gasteiger partial charge on any atom is -0.0126 e. The molecule has 0 atom stereocenters. The van der Waals surface area contributed by atoms with Crippen molar-refractivity contribution in [3.05, 3.63) is 47.1 Å². The van der Waals surface area contributed by atoms with E-state index < -0.39 is 0 Å². The Hall–Kier alpha value is -1.04. The van der Waals surface area contributed by atoms with Crippen LogP contribution in [0.25, 0.3) is 0 Å². The average molecular weight is 172 g/mol. The van der Waals surface area contributed by atoms with Gasteiger partial charge in [-0.05, 0) is 36.8 Å². The molecule has 0 aliphatic heterocycles. The molecule has 0 heteroatoms. The summed E-state index contributed by atoms with van der Waals surface area (Å²) in [5.41, 5.74) is 4.67. The Morgan fingerprint density at radius 2 is 2.23 bits per heavy atom. The Morgan fingerprint density at radius 3 is 2.92 bits per heavy atom. The van der Waals surface area contributed by atoms with Crippen LogP contribution in [0.5, 0.6) is 0 Å². The average Bonchev–Trinajstić information content (AvgIpc) is 2.67. The Balaban J connectivity index is 2.28. The van der Waals surface area contributed by atoms with E-state index in [4.69, 9.17) is 0 Å². The Morgan fingerprint density at radius 1 is 1.31 bits per heavy atom. The predicted octanol–water partition coefficient (Wildman–Crippen LogP) is 3.93. The van der Waals surface area contributed by atoms with E-state index >= 15 is 0 Å². The zero-order chi connectivity index (χ0) is 9.10. The van der Waals surface area contributed by atoms with E-state index in [0.29, 0.717) is 0 Å². The van der Waals surface area contributed by atoms with Crippen molar-refractivity contribution in [2.75, 3.05) is 0 Å². The smallest absolute Gasteiger partial charge is 0.0126 e. The topological polar surface area (TPSA) is 0 Å². The molecule has 2 aliphatic rings. The standard InChI is InChI=1S/C13H16/c1-2-11-9-6-10-13(11)12-7-4-3-5-8-12/h3-4,6-7,10H,2,5,8-9H2,1H3. The van der Waals surface area contributed by atoms with Crippen molar-refractivity contribution < 1.29 is 0 Å². The molecule has 0 fully saturated rings. The zero-order valence-electron chi connectivity index (χ0n) is 8.22. The molecule has 0 aromatic carbocycles. The molecule has 0 saturated heterocycles. The largest absolute Gasteiger partial charge is 0.0842 e. The number of allylic oxidation sites excluding steroid dienone is 8. The third kappa shape index (κ3) is 1.67. The molecule has 0 amide bonds. The van der Waals surface area contributed by atoms with Crippen LogP contribution < -0.4 is 0 Å². The minimum atomic E-state index is 1.17. The molecule has 0 aromatic rings. The molecule has 2 aliphatic carbocycles. The van der Waals surface area contributed by atoms with E-state index in [1.54, 1.807) is 5.57 Å². The summed E-state index contributed by atoms with van der Waals surface area (Å²) in [5, 5.41) is 0. The second-order valence-corrected chi connectivity index (χ2v) is 3.64. The molecular weight excluding hydrogens is 156 g/mol. The van der Waals surface area contributed by atoms with Crippen molar-refractivity contribution in [3.63, 3.8) is 0 Å². The van der Waals surface area contributed by atoms with Crippen molar-refractivity contribution in [2.45, 2.75) is 32.6 Å². The minimum absolute atomic E-state index is 1.17. The van der Waals surface area contributed by atoms with Crippen molar-refractivity contribution in [3.8, 4) is 0 Å². The molecule has 0 heterocycles. The molecule has 0 bridgehead atoms. The summed E-state index contributed by atoms with van der Waals surface area (Å²) in [5.74, 6) is 0. The van der Waals surface area contributed by atoms with E-state index in [-0.39, 0.29) is 0 Å². The SMILES string of the molecule is CCC1=C(C2=CC=CCC2)C=CC1. The molecule has 0 spiro atoms. The molecular formula is C13H16. The molecule has 0 radical (unpaired) electrons. The maximum atomic E-state index is 2.30. The highest BCUT2D eigenvalue weighted by atomic mass is 14.2. The summed E-state index contributed by atoms with van der Waals surface area (Å²) in [7, 11) is 0. The van der Waals surface area contributed by atoms with E-state index in [1.165, 1.54) is 36.8 Å². The lowest BCUT2D eigenvalue weighted by Gasteiger charge is -2.11. The van der Waals surface area contributed by atoms with Gasteiger partial charge in [0.1, 0.15) is 0 Å². The lowest BCUT2D eigenvalue weighted by molar-refractivity contribution is 0.957. The first-order valence-electron chi connectivity index (χ1n) is 5.16. The normalized spacial score (nSPS) is 21.2. The van der Waals surface area contributed by atoms with Gasteiger partial charge in [-0.2, -0.15) is 0 Å². The third-order valence-corrected chi connectivity index (χ3v) is 2.82. The quantitative estimate of drug-likeness (QED) is 0.592. The summed E-state index contributed by atoms with van der Waals surface area (Å²) in [6, 6.07) is 0. The van der Waals surface area contributed by atoms with Gasteiger partial charge in [0.2, 0.25) is 0 Å². The van der Waals surface area contributed by atoms with Crippen molar-refractivity contribution >= 4 is 0 Å². The highest BCUT2D eigenvalue weighted by molar-refractivity contribution is 5.49. The van der Waals surface area contributed by atoms with Crippen LogP contribution >= 0.6 is 0 Å². The van der Waals surface area contributed by atoms with Gasteiger partial charge in [-0.25, -0.2) is 0 Å².